The standard InChI is InChI=1S/C13H17FN4/c1-10-4-5-12(14)6-11(10)7-17(2)8-13-15-9-16-18(13)3/h4-6,9H,7-8H2,1-3H3. The molecule has 0 aliphatic rings. The van der Waals surface area contributed by atoms with Crippen LogP contribution in [0.2, 0.25) is 0 Å². The SMILES string of the molecule is Cc1ccc(F)cc1CN(C)Cc1ncnn1C. The van der Waals surface area contributed by atoms with Crippen LogP contribution >= 0.6 is 0 Å². The first-order valence-corrected chi connectivity index (χ1v) is 5.82. The highest BCUT2D eigenvalue weighted by Crippen LogP contribution is 2.13. The van der Waals surface area contributed by atoms with Gasteiger partial charge in [0.15, 0.2) is 0 Å². The van der Waals surface area contributed by atoms with Crippen LogP contribution in [0.5, 0.6) is 0 Å². The van der Waals surface area contributed by atoms with Crippen molar-refractivity contribution in [3.63, 3.8) is 0 Å². The number of rotatable bonds is 4. The number of hydrogen-bond acceptors (Lipinski definition) is 3. The van der Waals surface area contributed by atoms with E-state index in [1.54, 1.807) is 16.8 Å². The Morgan fingerprint density at radius 1 is 1.33 bits per heavy atom. The Labute approximate surface area is 106 Å². The van der Waals surface area contributed by atoms with Crippen molar-refractivity contribution in [1.29, 1.82) is 0 Å². The molecule has 0 aliphatic heterocycles. The van der Waals surface area contributed by atoms with Crippen molar-refractivity contribution in [2.45, 2.75) is 20.0 Å². The van der Waals surface area contributed by atoms with Gasteiger partial charge in [-0.1, -0.05) is 6.07 Å². The van der Waals surface area contributed by atoms with E-state index in [9.17, 15) is 4.39 Å². The summed E-state index contributed by atoms with van der Waals surface area (Å²) in [5.74, 6) is 0.703. The number of nitrogens with zero attached hydrogens (tertiary/aromatic N) is 4. The first-order chi connectivity index (χ1) is 8.56. The van der Waals surface area contributed by atoms with Crippen LogP contribution in [0.4, 0.5) is 4.39 Å². The second-order valence-corrected chi connectivity index (χ2v) is 4.54. The largest absolute Gasteiger partial charge is 0.295 e. The Kier molecular flexibility index (Phi) is 3.72. The summed E-state index contributed by atoms with van der Waals surface area (Å²) in [6.45, 7) is 3.37. The van der Waals surface area contributed by atoms with Crippen LogP contribution in [-0.4, -0.2) is 26.7 Å². The zero-order chi connectivity index (χ0) is 13.1. The predicted molar refractivity (Wildman–Crippen MR) is 67.3 cm³/mol. The Morgan fingerprint density at radius 3 is 2.78 bits per heavy atom. The zero-order valence-corrected chi connectivity index (χ0v) is 10.9. The van der Waals surface area contributed by atoms with Gasteiger partial charge in [-0.3, -0.25) is 9.58 Å². The van der Waals surface area contributed by atoms with E-state index in [2.05, 4.69) is 15.0 Å². The van der Waals surface area contributed by atoms with Crippen molar-refractivity contribution in [1.82, 2.24) is 19.7 Å². The van der Waals surface area contributed by atoms with Crippen molar-refractivity contribution in [2.75, 3.05) is 7.05 Å². The fourth-order valence-electron chi connectivity index (χ4n) is 1.86. The summed E-state index contributed by atoms with van der Waals surface area (Å²) >= 11 is 0. The molecule has 0 N–H and O–H groups in total. The van der Waals surface area contributed by atoms with E-state index in [0.29, 0.717) is 13.1 Å². The van der Waals surface area contributed by atoms with Crippen molar-refractivity contribution in [3.05, 3.63) is 47.3 Å². The van der Waals surface area contributed by atoms with Gasteiger partial charge in [0.05, 0.1) is 6.54 Å². The summed E-state index contributed by atoms with van der Waals surface area (Å²) in [5, 5.41) is 4.03. The van der Waals surface area contributed by atoms with Crippen molar-refractivity contribution >= 4 is 0 Å². The Balaban J connectivity index is 2.05. The highest BCUT2D eigenvalue weighted by atomic mass is 19.1. The van der Waals surface area contributed by atoms with Gasteiger partial charge in [0.2, 0.25) is 0 Å². The molecule has 4 nitrogen and oxygen atoms in total. The van der Waals surface area contributed by atoms with Gasteiger partial charge in [-0.25, -0.2) is 9.37 Å². The third-order valence-corrected chi connectivity index (χ3v) is 2.97. The molecule has 0 saturated carbocycles. The monoisotopic (exact) mass is 248 g/mol. The maximum Gasteiger partial charge on any atom is 0.140 e. The second kappa shape index (κ2) is 5.27. The number of aryl methyl sites for hydroxylation is 2. The minimum atomic E-state index is -0.192. The Hall–Kier alpha value is -1.75. The lowest BCUT2D eigenvalue weighted by molar-refractivity contribution is 0.304. The van der Waals surface area contributed by atoms with Gasteiger partial charge in [0, 0.05) is 13.6 Å². The summed E-state index contributed by atoms with van der Waals surface area (Å²) < 4.78 is 14.9. The second-order valence-electron chi connectivity index (χ2n) is 4.54. The van der Waals surface area contributed by atoms with Crippen molar-refractivity contribution < 1.29 is 4.39 Å². The van der Waals surface area contributed by atoms with E-state index in [-0.39, 0.29) is 5.82 Å². The first kappa shape index (κ1) is 12.7. The van der Waals surface area contributed by atoms with Gasteiger partial charge in [0.25, 0.3) is 0 Å². The van der Waals surface area contributed by atoms with Gasteiger partial charge in [0.1, 0.15) is 18.0 Å². The number of benzene rings is 1. The molecule has 18 heavy (non-hydrogen) atoms. The summed E-state index contributed by atoms with van der Waals surface area (Å²) in [6.07, 6.45) is 1.54. The normalized spacial score (nSPS) is 11.2. The van der Waals surface area contributed by atoms with Gasteiger partial charge >= 0.3 is 0 Å². The predicted octanol–water partition coefficient (Wildman–Crippen LogP) is 1.89. The van der Waals surface area contributed by atoms with Crippen LogP contribution < -0.4 is 0 Å². The molecule has 0 amide bonds. The first-order valence-electron chi connectivity index (χ1n) is 5.82. The van der Waals surface area contributed by atoms with E-state index in [4.69, 9.17) is 0 Å². The molecule has 0 unspecified atom stereocenters. The molecular formula is C13H17FN4. The zero-order valence-electron chi connectivity index (χ0n) is 10.9. The molecule has 0 bridgehead atoms. The van der Waals surface area contributed by atoms with E-state index >= 15 is 0 Å². The van der Waals surface area contributed by atoms with Crippen LogP contribution in [0.15, 0.2) is 24.5 Å². The topological polar surface area (TPSA) is 34.0 Å². The molecule has 5 heteroatoms. The van der Waals surface area contributed by atoms with E-state index < -0.39 is 0 Å². The number of hydrogen-bond donors (Lipinski definition) is 0. The van der Waals surface area contributed by atoms with Crippen LogP contribution in [0.1, 0.15) is 17.0 Å². The van der Waals surface area contributed by atoms with Gasteiger partial charge in [-0.15, -0.1) is 0 Å². The lowest BCUT2D eigenvalue weighted by Gasteiger charge is -2.17. The summed E-state index contributed by atoms with van der Waals surface area (Å²) in [7, 11) is 3.85. The highest BCUT2D eigenvalue weighted by molar-refractivity contribution is 5.26. The molecule has 1 heterocycles. The minimum Gasteiger partial charge on any atom is -0.295 e. The van der Waals surface area contributed by atoms with Crippen LogP contribution in [0.25, 0.3) is 0 Å². The Morgan fingerprint density at radius 2 is 2.11 bits per heavy atom. The van der Waals surface area contributed by atoms with Crippen molar-refractivity contribution in [2.24, 2.45) is 7.05 Å². The molecule has 96 valence electrons. The molecule has 0 aliphatic carbocycles. The summed E-state index contributed by atoms with van der Waals surface area (Å²) in [5.41, 5.74) is 2.10. The summed E-state index contributed by atoms with van der Waals surface area (Å²) in [4.78, 5) is 6.26. The Bertz CT molecular complexity index is 536. The maximum absolute atomic E-state index is 13.2. The van der Waals surface area contributed by atoms with Crippen LogP contribution in [-0.2, 0) is 20.1 Å². The molecule has 0 spiro atoms. The van der Waals surface area contributed by atoms with Crippen LogP contribution in [0.3, 0.4) is 0 Å². The van der Waals surface area contributed by atoms with Crippen molar-refractivity contribution in [3.8, 4) is 0 Å². The quantitative estimate of drug-likeness (QED) is 0.828. The molecule has 2 rings (SSSR count). The van der Waals surface area contributed by atoms with E-state index in [1.807, 2.05) is 21.0 Å². The lowest BCUT2D eigenvalue weighted by atomic mass is 10.1. The highest BCUT2D eigenvalue weighted by Gasteiger charge is 2.08. The smallest absolute Gasteiger partial charge is 0.140 e. The molecule has 1 aromatic carbocycles. The van der Waals surface area contributed by atoms with Gasteiger partial charge < -0.3 is 0 Å². The molecule has 0 fully saturated rings. The van der Waals surface area contributed by atoms with Crippen LogP contribution in [0, 0.1) is 12.7 Å². The molecule has 1 aromatic heterocycles. The third kappa shape index (κ3) is 2.92. The molecule has 0 atom stereocenters. The van der Waals surface area contributed by atoms with Gasteiger partial charge in [-0.05, 0) is 37.2 Å². The fraction of sp³-hybridized carbons (Fsp3) is 0.385. The average molecular weight is 248 g/mol. The minimum absolute atomic E-state index is 0.192. The summed E-state index contributed by atoms with van der Waals surface area (Å²) in [6, 6.07) is 4.88. The molecule has 2 aromatic rings. The molecule has 0 radical (unpaired) electrons. The number of aromatic nitrogens is 3. The third-order valence-electron chi connectivity index (χ3n) is 2.97. The average Bonchev–Trinajstić information content (AvgIpc) is 2.70. The maximum atomic E-state index is 13.2. The van der Waals surface area contributed by atoms with E-state index in [1.165, 1.54) is 12.4 Å². The lowest BCUT2D eigenvalue weighted by Crippen LogP contribution is -2.20. The van der Waals surface area contributed by atoms with Gasteiger partial charge in [-0.2, -0.15) is 5.10 Å². The molecular weight excluding hydrogens is 231 g/mol. The molecule has 0 saturated heterocycles. The number of halogens is 1. The fourth-order valence-corrected chi connectivity index (χ4v) is 1.86. The van der Waals surface area contributed by atoms with E-state index in [0.717, 1.165) is 17.0 Å².